The molecule has 1 rings (SSSR count). The molecule has 21 heavy (non-hydrogen) atoms. The van der Waals surface area contributed by atoms with Gasteiger partial charge in [0.25, 0.3) is 0 Å². The van der Waals surface area contributed by atoms with Gasteiger partial charge in [0.05, 0.1) is 12.6 Å². The van der Waals surface area contributed by atoms with Crippen LogP contribution < -0.4 is 10.6 Å². The number of anilines is 2. The van der Waals surface area contributed by atoms with Crippen molar-refractivity contribution in [1.82, 2.24) is 9.97 Å². The summed E-state index contributed by atoms with van der Waals surface area (Å²) < 4.78 is 5.30. The number of rotatable bonds is 9. The van der Waals surface area contributed by atoms with Gasteiger partial charge in [-0.25, -0.2) is 9.97 Å². The molecule has 0 saturated carbocycles. The van der Waals surface area contributed by atoms with Crippen LogP contribution in [-0.2, 0) is 4.74 Å². The van der Waals surface area contributed by atoms with Crippen LogP contribution in [0.4, 0.5) is 11.6 Å². The third-order valence-electron chi connectivity index (χ3n) is 3.37. The van der Waals surface area contributed by atoms with Crippen LogP contribution in [0.3, 0.4) is 0 Å². The van der Waals surface area contributed by atoms with Gasteiger partial charge in [0.2, 0.25) is 0 Å². The second-order valence-corrected chi connectivity index (χ2v) is 5.67. The third-order valence-corrected chi connectivity index (χ3v) is 3.37. The summed E-state index contributed by atoms with van der Waals surface area (Å²) in [6.45, 7) is 12.1. The van der Waals surface area contributed by atoms with Gasteiger partial charge in [-0.15, -0.1) is 0 Å². The number of hydrogen-bond acceptors (Lipinski definition) is 5. The fraction of sp³-hybridized carbons (Fsp3) is 0.750. The predicted molar refractivity (Wildman–Crippen MR) is 89.2 cm³/mol. The molecule has 5 nitrogen and oxygen atoms in total. The second kappa shape index (κ2) is 8.82. The van der Waals surface area contributed by atoms with Crippen LogP contribution >= 0.6 is 0 Å². The Morgan fingerprint density at radius 3 is 2.33 bits per heavy atom. The highest BCUT2D eigenvalue weighted by atomic mass is 16.5. The van der Waals surface area contributed by atoms with Crippen LogP contribution in [0.15, 0.2) is 0 Å². The topological polar surface area (TPSA) is 59.1 Å². The van der Waals surface area contributed by atoms with Crippen molar-refractivity contribution < 1.29 is 4.74 Å². The predicted octanol–water partition coefficient (Wildman–Crippen LogP) is 3.57. The highest BCUT2D eigenvalue weighted by Gasteiger charge is 2.15. The number of hydrogen-bond donors (Lipinski definition) is 2. The largest absolute Gasteiger partial charge is 0.383 e. The molecular weight excluding hydrogens is 264 g/mol. The first-order chi connectivity index (χ1) is 10.0. The number of nitrogens with zero attached hydrogens (tertiary/aromatic N) is 2. The first-order valence-corrected chi connectivity index (χ1v) is 7.91. The van der Waals surface area contributed by atoms with E-state index in [1.165, 1.54) is 0 Å². The minimum Gasteiger partial charge on any atom is -0.383 e. The van der Waals surface area contributed by atoms with Crippen LogP contribution in [0.5, 0.6) is 0 Å². The van der Waals surface area contributed by atoms with E-state index < -0.39 is 0 Å². The average Bonchev–Trinajstić information content (AvgIpc) is 2.43. The molecule has 1 atom stereocenters. The molecule has 1 aromatic heterocycles. The van der Waals surface area contributed by atoms with E-state index in [1.807, 2.05) is 0 Å². The zero-order valence-corrected chi connectivity index (χ0v) is 14.3. The molecule has 0 aliphatic rings. The molecule has 0 spiro atoms. The molecule has 0 aliphatic heterocycles. The van der Waals surface area contributed by atoms with E-state index in [-0.39, 0.29) is 6.04 Å². The molecular formula is C16H30N4O. The lowest BCUT2D eigenvalue weighted by molar-refractivity contribution is 0.182. The van der Waals surface area contributed by atoms with Crippen molar-refractivity contribution in [3.63, 3.8) is 0 Å². The van der Waals surface area contributed by atoms with E-state index in [0.29, 0.717) is 12.5 Å². The molecule has 120 valence electrons. The number of nitrogens with one attached hydrogen (secondary N) is 2. The highest BCUT2D eigenvalue weighted by Crippen LogP contribution is 2.24. The first kappa shape index (κ1) is 17.7. The molecule has 1 aromatic rings. The van der Waals surface area contributed by atoms with Gasteiger partial charge in [-0.2, -0.15) is 0 Å². The Hall–Kier alpha value is -1.36. The maximum absolute atomic E-state index is 5.30. The lowest BCUT2D eigenvalue weighted by Crippen LogP contribution is -2.26. The summed E-state index contributed by atoms with van der Waals surface area (Å²) in [4.78, 5) is 9.33. The summed E-state index contributed by atoms with van der Waals surface area (Å²) in [6, 6.07) is 0.281. The van der Waals surface area contributed by atoms with E-state index in [0.717, 1.165) is 42.4 Å². The Morgan fingerprint density at radius 2 is 1.81 bits per heavy atom. The van der Waals surface area contributed by atoms with Crippen molar-refractivity contribution in [2.24, 2.45) is 0 Å². The normalized spacial score (nSPS) is 12.5. The van der Waals surface area contributed by atoms with E-state index in [2.05, 4.69) is 50.2 Å². The molecule has 1 unspecified atom stereocenters. The Morgan fingerprint density at radius 1 is 1.14 bits per heavy atom. The molecule has 1 heterocycles. The summed E-state index contributed by atoms with van der Waals surface area (Å²) in [7, 11) is 1.74. The molecule has 0 aliphatic carbocycles. The van der Waals surface area contributed by atoms with Crippen molar-refractivity contribution in [1.29, 1.82) is 0 Å². The van der Waals surface area contributed by atoms with Gasteiger partial charge < -0.3 is 15.4 Å². The minimum atomic E-state index is 0.281. The van der Waals surface area contributed by atoms with Gasteiger partial charge in [0, 0.05) is 25.1 Å². The van der Waals surface area contributed by atoms with E-state index in [4.69, 9.17) is 9.72 Å². The lowest BCUT2D eigenvalue weighted by Gasteiger charge is -2.21. The Labute approximate surface area is 128 Å². The number of ether oxygens (including phenoxy) is 1. The van der Waals surface area contributed by atoms with Crippen molar-refractivity contribution in [2.45, 2.75) is 59.4 Å². The van der Waals surface area contributed by atoms with E-state index >= 15 is 0 Å². The van der Waals surface area contributed by atoms with Gasteiger partial charge in [0.15, 0.2) is 0 Å². The van der Waals surface area contributed by atoms with Crippen molar-refractivity contribution in [3.05, 3.63) is 11.4 Å². The van der Waals surface area contributed by atoms with E-state index in [9.17, 15) is 0 Å². The molecule has 0 aromatic carbocycles. The minimum absolute atomic E-state index is 0.281. The smallest absolute Gasteiger partial charge is 0.135 e. The van der Waals surface area contributed by atoms with Gasteiger partial charge in [-0.1, -0.05) is 27.2 Å². The lowest BCUT2D eigenvalue weighted by atomic mass is 10.1. The molecule has 0 saturated heterocycles. The van der Waals surface area contributed by atoms with Crippen LogP contribution in [0.25, 0.3) is 0 Å². The Balaban J connectivity index is 3.07. The summed E-state index contributed by atoms with van der Waals surface area (Å²) in [5, 5.41) is 6.85. The van der Waals surface area contributed by atoms with Gasteiger partial charge >= 0.3 is 0 Å². The van der Waals surface area contributed by atoms with E-state index in [1.54, 1.807) is 7.11 Å². The van der Waals surface area contributed by atoms with Crippen molar-refractivity contribution in [2.75, 3.05) is 30.9 Å². The maximum atomic E-state index is 5.30. The van der Waals surface area contributed by atoms with Crippen LogP contribution in [0, 0.1) is 6.92 Å². The highest BCUT2D eigenvalue weighted by molar-refractivity contribution is 5.57. The number of aromatic nitrogens is 2. The SMILES string of the molecule is CCCC(COC)Nc1nc(C(C)C)nc(NCC)c1C. The molecule has 0 bridgehead atoms. The molecule has 0 radical (unpaired) electrons. The second-order valence-electron chi connectivity index (χ2n) is 5.67. The summed E-state index contributed by atoms with van der Waals surface area (Å²) in [5.74, 6) is 3.01. The van der Waals surface area contributed by atoms with Crippen LogP contribution in [0.2, 0.25) is 0 Å². The zero-order valence-electron chi connectivity index (χ0n) is 14.3. The van der Waals surface area contributed by atoms with Crippen LogP contribution in [0.1, 0.15) is 57.8 Å². The summed E-state index contributed by atoms with van der Waals surface area (Å²) >= 11 is 0. The maximum Gasteiger partial charge on any atom is 0.135 e. The first-order valence-electron chi connectivity index (χ1n) is 7.91. The van der Waals surface area contributed by atoms with Gasteiger partial charge in [0.1, 0.15) is 17.5 Å². The quantitative estimate of drug-likeness (QED) is 0.729. The van der Waals surface area contributed by atoms with Crippen molar-refractivity contribution in [3.8, 4) is 0 Å². The van der Waals surface area contributed by atoms with Gasteiger partial charge in [-0.05, 0) is 20.3 Å². The molecule has 2 N–H and O–H groups in total. The third kappa shape index (κ3) is 5.16. The summed E-state index contributed by atoms with van der Waals surface area (Å²) in [5.41, 5.74) is 1.07. The van der Waals surface area contributed by atoms with Crippen molar-refractivity contribution >= 4 is 11.6 Å². The standard InChI is InChI=1S/C16H30N4O/c1-7-9-13(10-21-6)18-16-12(5)15(17-8-2)19-14(20-16)11(3)4/h11,13H,7-10H2,1-6H3,(H2,17,18,19,20). The Kier molecular flexibility index (Phi) is 7.43. The van der Waals surface area contributed by atoms with Gasteiger partial charge in [-0.3, -0.25) is 0 Å². The van der Waals surface area contributed by atoms with Crippen LogP contribution in [-0.4, -0.2) is 36.3 Å². The molecule has 5 heteroatoms. The Bertz CT molecular complexity index is 429. The fourth-order valence-corrected chi connectivity index (χ4v) is 2.21. The number of methoxy groups -OCH3 is 1. The monoisotopic (exact) mass is 294 g/mol. The average molecular weight is 294 g/mol. The fourth-order valence-electron chi connectivity index (χ4n) is 2.21. The molecule has 0 amide bonds. The summed E-state index contributed by atoms with van der Waals surface area (Å²) in [6.07, 6.45) is 2.17. The zero-order chi connectivity index (χ0) is 15.8. The molecule has 0 fully saturated rings.